The van der Waals surface area contributed by atoms with Gasteiger partial charge in [0.15, 0.2) is 0 Å². The third-order valence-corrected chi connectivity index (χ3v) is 4.14. The minimum absolute atomic E-state index is 0.0551. The number of hydrogen-bond donors (Lipinski definition) is 1. The highest BCUT2D eigenvalue weighted by molar-refractivity contribution is 6.30. The van der Waals surface area contributed by atoms with Gasteiger partial charge in [-0.1, -0.05) is 11.6 Å². The predicted octanol–water partition coefficient (Wildman–Crippen LogP) is 2.97. The molecule has 1 aliphatic rings. The van der Waals surface area contributed by atoms with E-state index in [-0.39, 0.29) is 11.8 Å². The third-order valence-electron chi connectivity index (χ3n) is 3.90. The Balaban J connectivity index is 2.19. The molecule has 2 rings (SSSR count). The second kappa shape index (κ2) is 7.14. The summed E-state index contributed by atoms with van der Waals surface area (Å²) in [5.41, 5.74) is 0.535. The van der Waals surface area contributed by atoms with E-state index in [1.54, 1.807) is 30.0 Å². The number of carbonyl (C=O) groups excluding carboxylic acids is 1. The largest absolute Gasteiger partial charge is 0.493 e. The summed E-state index contributed by atoms with van der Waals surface area (Å²) in [6.07, 6.45) is 1.48. The van der Waals surface area contributed by atoms with Crippen molar-refractivity contribution in [1.29, 1.82) is 0 Å². The van der Waals surface area contributed by atoms with Gasteiger partial charge in [-0.05, 0) is 44.9 Å². The number of benzene rings is 1. The molecule has 0 radical (unpaired) electrons. The maximum absolute atomic E-state index is 12.7. The van der Waals surface area contributed by atoms with E-state index < -0.39 is 6.10 Å². The number of aliphatic hydroxyl groups excluding tert-OH is 1. The number of aliphatic hydroxyl groups is 1. The number of ether oxygens (including phenoxy) is 1. The van der Waals surface area contributed by atoms with Crippen molar-refractivity contribution in [3.63, 3.8) is 0 Å². The van der Waals surface area contributed by atoms with Gasteiger partial charge < -0.3 is 14.7 Å². The maximum atomic E-state index is 12.7. The Morgan fingerprint density at radius 3 is 3.00 bits per heavy atom. The van der Waals surface area contributed by atoms with Crippen LogP contribution in [0.2, 0.25) is 5.02 Å². The molecule has 1 aromatic carbocycles. The molecule has 4 nitrogen and oxygen atoms in total. The van der Waals surface area contributed by atoms with Crippen LogP contribution in [0.1, 0.15) is 37.0 Å². The number of piperidine rings is 1. The van der Waals surface area contributed by atoms with Gasteiger partial charge in [0, 0.05) is 24.0 Å². The van der Waals surface area contributed by atoms with Gasteiger partial charge in [-0.2, -0.15) is 0 Å². The zero-order valence-electron chi connectivity index (χ0n) is 12.5. The topological polar surface area (TPSA) is 49.8 Å². The first-order valence-electron chi connectivity index (χ1n) is 7.42. The van der Waals surface area contributed by atoms with Crippen molar-refractivity contribution in [2.45, 2.75) is 32.8 Å². The van der Waals surface area contributed by atoms with E-state index in [2.05, 4.69) is 0 Å². The van der Waals surface area contributed by atoms with Crippen LogP contribution in [-0.4, -0.2) is 41.7 Å². The maximum Gasteiger partial charge on any atom is 0.257 e. The van der Waals surface area contributed by atoms with Gasteiger partial charge in [-0.25, -0.2) is 0 Å². The van der Waals surface area contributed by atoms with Crippen LogP contribution in [0.5, 0.6) is 5.75 Å². The number of nitrogens with zero attached hydrogens (tertiary/aromatic N) is 1. The lowest BCUT2D eigenvalue weighted by Crippen LogP contribution is -2.43. The number of carbonyl (C=O) groups is 1. The minimum atomic E-state index is -0.391. The van der Waals surface area contributed by atoms with Crippen LogP contribution in [0, 0.1) is 5.92 Å². The van der Waals surface area contributed by atoms with E-state index in [9.17, 15) is 9.90 Å². The molecule has 0 saturated carbocycles. The molecule has 116 valence electrons. The quantitative estimate of drug-likeness (QED) is 0.930. The molecule has 0 unspecified atom stereocenters. The Bertz CT molecular complexity index is 504. The second-order valence-electron chi connectivity index (χ2n) is 5.47. The van der Waals surface area contributed by atoms with Crippen molar-refractivity contribution in [3.05, 3.63) is 28.8 Å². The fourth-order valence-corrected chi connectivity index (χ4v) is 2.87. The van der Waals surface area contributed by atoms with E-state index in [0.717, 1.165) is 19.4 Å². The summed E-state index contributed by atoms with van der Waals surface area (Å²) < 4.78 is 5.52. The average molecular weight is 312 g/mol. The number of hydrogen-bond acceptors (Lipinski definition) is 3. The number of amides is 1. The van der Waals surface area contributed by atoms with Crippen molar-refractivity contribution < 1.29 is 14.6 Å². The van der Waals surface area contributed by atoms with E-state index in [4.69, 9.17) is 16.3 Å². The SMILES string of the molecule is CCOc1cc(Cl)ccc1C(=O)N1CCC[C@H]([C@@H](C)O)C1. The Morgan fingerprint density at radius 2 is 2.33 bits per heavy atom. The van der Waals surface area contributed by atoms with Crippen molar-refractivity contribution in [2.24, 2.45) is 5.92 Å². The molecule has 0 aromatic heterocycles. The molecular weight excluding hydrogens is 290 g/mol. The molecule has 1 amide bonds. The van der Waals surface area contributed by atoms with Gasteiger partial charge in [0.25, 0.3) is 5.91 Å². The molecule has 1 heterocycles. The van der Waals surface area contributed by atoms with Crippen molar-refractivity contribution in [3.8, 4) is 5.75 Å². The fourth-order valence-electron chi connectivity index (χ4n) is 2.71. The van der Waals surface area contributed by atoms with Crippen LogP contribution in [0.25, 0.3) is 0 Å². The molecule has 5 heteroatoms. The van der Waals surface area contributed by atoms with Crippen molar-refractivity contribution in [2.75, 3.05) is 19.7 Å². The molecule has 1 N–H and O–H groups in total. The molecule has 1 aliphatic heterocycles. The summed E-state index contributed by atoms with van der Waals surface area (Å²) in [7, 11) is 0. The van der Waals surface area contributed by atoms with Crippen LogP contribution >= 0.6 is 11.6 Å². The van der Waals surface area contributed by atoms with Gasteiger partial charge in [0.05, 0.1) is 18.3 Å². The first kappa shape index (κ1) is 16.1. The van der Waals surface area contributed by atoms with E-state index >= 15 is 0 Å². The van der Waals surface area contributed by atoms with Gasteiger partial charge in [0.1, 0.15) is 5.75 Å². The Labute approximate surface area is 130 Å². The number of rotatable bonds is 4. The molecule has 1 aromatic rings. The lowest BCUT2D eigenvalue weighted by atomic mass is 9.93. The summed E-state index contributed by atoms with van der Waals surface area (Å²) in [6.45, 7) is 5.45. The van der Waals surface area contributed by atoms with Crippen LogP contribution in [0.4, 0.5) is 0 Å². The molecule has 2 atom stereocenters. The summed E-state index contributed by atoms with van der Waals surface area (Å²) in [6, 6.07) is 5.09. The predicted molar refractivity (Wildman–Crippen MR) is 82.9 cm³/mol. The molecule has 0 bridgehead atoms. The normalized spacial score (nSPS) is 20.2. The molecule has 21 heavy (non-hydrogen) atoms. The first-order chi connectivity index (χ1) is 10.0. The van der Waals surface area contributed by atoms with Gasteiger partial charge >= 0.3 is 0 Å². The van der Waals surface area contributed by atoms with E-state index in [1.165, 1.54) is 0 Å². The summed E-state index contributed by atoms with van der Waals surface area (Å²) >= 11 is 5.97. The average Bonchev–Trinajstić information content (AvgIpc) is 2.47. The number of halogens is 1. The van der Waals surface area contributed by atoms with Crippen molar-refractivity contribution in [1.82, 2.24) is 4.90 Å². The second-order valence-corrected chi connectivity index (χ2v) is 5.90. The standard InChI is InChI=1S/C16H22ClNO3/c1-3-21-15-9-13(17)6-7-14(15)16(20)18-8-4-5-12(10-18)11(2)19/h6-7,9,11-12,19H,3-5,8,10H2,1-2H3/t11-,12+/m1/s1. The molecule has 1 saturated heterocycles. The lowest BCUT2D eigenvalue weighted by Gasteiger charge is -2.34. The van der Waals surface area contributed by atoms with Crippen LogP contribution < -0.4 is 4.74 Å². The lowest BCUT2D eigenvalue weighted by molar-refractivity contribution is 0.0463. The van der Waals surface area contributed by atoms with E-state index in [1.807, 2.05) is 6.92 Å². The fraction of sp³-hybridized carbons (Fsp3) is 0.562. The Hall–Kier alpha value is -1.26. The van der Waals surface area contributed by atoms with E-state index in [0.29, 0.717) is 29.5 Å². The highest BCUT2D eigenvalue weighted by atomic mass is 35.5. The highest BCUT2D eigenvalue weighted by Gasteiger charge is 2.28. The smallest absolute Gasteiger partial charge is 0.257 e. The summed E-state index contributed by atoms with van der Waals surface area (Å²) in [4.78, 5) is 14.5. The first-order valence-corrected chi connectivity index (χ1v) is 7.80. The summed E-state index contributed by atoms with van der Waals surface area (Å²) in [5.74, 6) is 0.611. The molecule has 0 aliphatic carbocycles. The van der Waals surface area contributed by atoms with Crippen LogP contribution in [-0.2, 0) is 0 Å². The highest BCUT2D eigenvalue weighted by Crippen LogP contribution is 2.27. The zero-order valence-corrected chi connectivity index (χ0v) is 13.3. The van der Waals surface area contributed by atoms with Crippen molar-refractivity contribution >= 4 is 17.5 Å². The van der Waals surface area contributed by atoms with Gasteiger partial charge in [-0.3, -0.25) is 4.79 Å². The zero-order chi connectivity index (χ0) is 15.4. The monoisotopic (exact) mass is 311 g/mol. The molecule has 0 spiro atoms. The minimum Gasteiger partial charge on any atom is -0.493 e. The Kier molecular flexibility index (Phi) is 5.48. The Morgan fingerprint density at radius 1 is 1.57 bits per heavy atom. The van der Waals surface area contributed by atoms with Gasteiger partial charge in [0.2, 0.25) is 0 Å². The summed E-state index contributed by atoms with van der Waals surface area (Å²) in [5, 5.41) is 10.3. The molecule has 1 fully saturated rings. The molecular formula is C16H22ClNO3. The third kappa shape index (κ3) is 3.89. The number of likely N-dealkylation sites (tertiary alicyclic amines) is 1. The van der Waals surface area contributed by atoms with Gasteiger partial charge in [-0.15, -0.1) is 0 Å². The van der Waals surface area contributed by atoms with Crippen LogP contribution in [0.15, 0.2) is 18.2 Å². The van der Waals surface area contributed by atoms with Crippen LogP contribution in [0.3, 0.4) is 0 Å².